The van der Waals surface area contributed by atoms with Gasteiger partial charge < -0.3 is 10.2 Å². The summed E-state index contributed by atoms with van der Waals surface area (Å²) in [7, 11) is 0. The summed E-state index contributed by atoms with van der Waals surface area (Å²) in [5, 5.41) is 18.8. The molecule has 0 amide bonds. The van der Waals surface area contributed by atoms with Gasteiger partial charge >= 0.3 is 11.9 Å². The second-order valence-electron chi connectivity index (χ2n) is 4.23. The van der Waals surface area contributed by atoms with Crippen LogP contribution in [0.25, 0.3) is 11.1 Å². The van der Waals surface area contributed by atoms with Crippen LogP contribution in [0.2, 0.25) is 20.1 Å². The number of hydrogen-bond donors (Lipinski definition) is 2. The molecule has 0 saturated heterocycles. The fraction of sp³-hybridized carbons (Fsp3) is 0. The lowest BCUT2D eigenvalue weighted by molar-refractivity contribution is 0.0684. The molecule has 0 bridgehead atoms. The first kappa shape index (κ1) is 16.9. The van der Waals surface area contributed by atoms with Crippen LogP contribution in [0, 0.1) is 0 Å². The first-order valence-electron chi connectivity index (χ1n) is 5.67. The Kier molecular flexibility index (Phi) is 4.87. The molecule has 0 radical (unpaired) electrons. The van der Waals surface area contributed by atoms with Crippen LogP contribution in [-0.4, -0.2) is 22.2 Å². The highest BCUT2D eigenvalue weighted by atomic mass is 35.5. The van der Waals surface area contributed by atoms with Crippen LogP contribution in [0.5, 0.6) is 0 Å². The van der Waals surface area contributed by atoms with Gasteiger partial charge in [0.25, 0.3) is 0 Å². The molecule has 22 heavy (non-hydrogen) atoms. The molecule has 0 unspecified atom stereocenters. The molecule has 2 rings (SSSR count). The fourth-order valence-electron chi connectivity index (χ4n) is 1.99. The Morgan fingerprint density at radius 3 is 1.27 bits per heavy atom. The lowest BCUT2D eigenvalue weighted by Gasteiger charge is -2.14. The van der Waals surface area contributed by atoms with E-state index < -0.39 is 11.9 Å². The van der Waals surface area contributed by atoms with Crippen molar-refractivity contribution < 1.29 is 19.8 Å². The Morgan fingerprint density at radius 2 is 1.00 bits per heavy atom. The average molecular weight is 380 g/mol. The normalized spacial score (nSPS) is 10.5. The lowest BCUT2D eigenvalue weighted by Crippen LogP contribution is -2.06. The van der Waals surface area contributed by atoms with Crippen LogP contribution in [0.4, 0.5) is 0 Å². The van der Waals surface area contributed by atoms with Crippen LogP contribution in [0.3, 0.4) is 0 Å². The monoisotopic (exact) mass is 378 g/mol. The SMILES string of the molecule is O=C(O)c1cc(Cl)cc(Cl)c1-c1c(Cl)cc(Cl)cc1C(=O)O. The molecule has 2 aromatic carbocycles. The Labute approximate surface area is 144 Å². The zero-order valence-electron chi connectivity index (χ0n) is 10.5. The maximum Gasteiger partial charge on any atom is 0.336 e. The van der Waals surface area contributed by atoms with Crippen LogP contribution in [0.1, 0.15) is 20.7 Å². The molecule has 4 nitrogen and oxygen atoms in total. The zero-order valence-corrected chi connectivity index (χ0v) is 13.6. The minimum Gasteiger partial charge on any atom is -0.478 e. The average Bonchev–Trinajstić information content (AvgIpc) is 2.38. The molecule has 0 fully saturated rings. The van der Waals surface area contributed by atoms with Gasteiger partial charge in [-0.05, 0) is 24.3 Å². The summed E-state index contributed by atoms with van der Waals surface area (Å²) in [4.78, 5) is 22.9. The van der Waals surface area contributed by atoms with E-state index in [9.17, 15) is 19.8 Å². The Hall–Kier alpha value is -1.46. The summed E-state index contributed by atoms with van der Waals surface area (Å²) in [5.41, 5.74) is -0.580. The van der Waals surface area contributed by atoms with Gasteiger partial charge in [-0.1, -0.05) is 46.4 Å². The van der Waals surface area contributed by atoms with Crippen molar-refractivity contribution in [3.05, 3.63) is 55.5 Å². The second-order valence-corrected chi connectivity index (χ2v) is 5.92. The molecular formula is C14H6Cl4O4. The van der Waals surface area contributed by atoms with Crippen molar-refractivity contribution in [2.75, 3.05) is 0 Å². The third-order valence-electron chi connectivity index (χ3n) is 2.82. The maximum absolute atomic E-state index is 11.4. The molecule has 2 N–H and O–H groups in total. The van der Waals surface area contributed by atoms with E-state index in [0.29, 0.717) is 0 Å². The van der Waals surface area contributed by atoms with E-state index >= 15 is 0 Å². The zero-order chi connectivity index (χ0) is 16.6. The van der Waals surface area contributed by atoms with Crippen molar-refractivity contribution >= 4 is 58.3 Å². The summed E-state index contributed by atoms with van der Waals surface area (Å²) in [6.45, 7) is 0. The van der Waals surface area contributed by atoms with E-state index in [1.807, 2.05) is 0 Å². The molecule has 0 aliphatic rings. The molecule has 2 aromatic rings. The number of carboxylic acids is 2. The smallest absolute Gasteiger partial charge is 0.336 e. The van der Waals surface area contributed by atoms with E-state index in [-0.39, 0.29) is 42.3 Å². The quantitative estimate of drug-likeness (QED) is 0.752. The lowest BCUT2D eigenvalue weighted by atomic mass is 9.95. The molecule has 0 saturated carbocycles. The van der Waals surface area contributed by atoms with Crippen LogP contribution in [0.15, 0.2) is 24.3 Å². The Morgan fingerprint density at radius 1 is 0.682 bits per heavy atom. The van der Waals surface area contributed by atoms with E-state index in [4.69, 9.17) is 46.4 Å². The summed E-state index contributed by atoms with van der Waals surface area (Å²) in [5.74, 6) is -2.64. The predicted octanol–water partition coefficient (Wildman–Crippen LogP) is 5.36. The first-order chi connectivity index (χ1) is 10.2. The molecule has 0 aliphatic carbocycles. The number of carbonyl (C=O) groups is 2. The fourth-order valence-corrected chi connectivity index (χ4v) is 3.17. The van der Waals surface area contributed by atoms with Gasteiger partial charge in [0.05, 0.1) is 21.2 Å². The number of aromatic carboxylic acids is 2. The minimum absolute atomic E-state index is 0.0300. The number of halogens is 4. The number of rotatable bonds is 3. The molecular weight excluding hydrogens is 374 g/mol. The summed E-state index contributed by atoms with van der Waals surface area (Å²) in [6.07, 6.45) is 0. The standard InChI is InChI=1S/C14H6Cl4O4/c15-5-1-7(13(19)20)11(9(17)3-5)12-8(14(21)22)2-6(16)4-10(12)18/h1-4H,(H,19,20)(H,21,22). The van der Waals surface area contributed by atoms with Gasteiger partial charge in [0.2, 0.25) is 0 Å². The van der Waals surface area contributed by atoms with E-state index in [1.165, 1.54) is 24.3 Å². The molecule has 114 valence electrons. The number of carboxylic acid groups (broad SMARTS) is 2. The highest BCUT2D eigenvalue weighted by Crippen LogP contribution is 2.41. The molecule has 0 aliphatic heterocycles. The van der Waals surface area contributed by atoms with Crippen molar-refractivity contribution in [2.24, 2.45) is 0 Å². The highest BCUT2D eigenvalue weighted by Gasteiger charge is 2.24. The maximum atomic E-state index is 11.4. The van der Waals surface area contributed by atoms with Gasteiger partial charge in [-0.3, -0.25) is 0 Å². The van der Waals surface area contributed by atoms with Gasteiger partial charge in [-0.15, -0.1) is 0 Å². The number of hydrogen-bond acceptors (Lipinski definition) is 2. The summed E-state index contributed by atoms with van der Waals surface area (Å²) < 4.78 is 0. The number of benzene rings is 2. The Bertz CT molecular complexity index is 734. The van der Waals surface area contributed by atoms with Gasteiger partial charge in [0.1, 0.15) is 0 Å². The third-order valence-corrected chi connectivity index (χ3v) is 3.85. The van der Waals surface area contributed by atoms with Crippen molar-refractivity contribution in [1.29, 1.82) is 0 Å². The second kappa shape index (κ2) is 6.34. The van der Waals surface area contributed by atoms with Crippen molar-refractivity contribution in [1.82, 2.24) is 0 Å². The predicted molar refractivity (Wildman–Crippen MR) is 85.8 cm³/mol. The van der Waals surface area contributed by atoms with Gasteiger partial charge in [-0.2, -0.15) is 0 Å². The highest BCUT2D eigenvalue weighted by molar-refractivity contribution is 6.41. The molecule has 0 spiro atoms. The van der Waals surface area contributed by atoms with Gasteiger partial charge in [0.15, 0.2) is 0 Å². The molecule has 0 aromatic heterocycles. The minimum atomic E-state index is -1.32. The van der Waals surface area contributed by atoms with Crippen LogP contribution in [-0.2, 0) is 0 Å². The first-order valence-corrected chi connectivity index (χ1v) is 7.18. The van der Waals surface area contributed by atoms with Crippen molar-refractivity contribution in [3.8, 4) is 11.1 Å². The topological polar surface area (TPSA) is 74.6 Å². The summed E-state index contributed by atoms with van der Waals surface area (Å²) >= 11 is 23.7. The van der Waals surface area contributed by atoms with Gasteiger partial charge in [0, 0.05) is 21.2 Å². The van der Waals surface area contributed by atoms with Gasteiger partial charge in [-0.25, -0.2) is 9.59 Å². The van der Waals surface area contributed by atoms with E-state index in [2.05, 4.69) is 0 Å². The van der Waals surface area contributed by atoms with Crippen molar-refractivity contribution in [3.63, 3.8) is 0 Å². The van der Waals surface area contributed by atoms with Crippen molar-refractivity contribution in [2.45, 2.75) is 0 Å². The largest absolute Gasteiger partial charge is 0.478 e. The third kappa shape index (κ3) is 3.15. The van der Waals surface area contributed by atoms with E-state index in [1.54, 1.807) is 0 Å². The molecule has 0 atom stereocenters. The molecule has 8 heteroatoms. The van der Waals surface area contributed by atoms with Crippen LogP contribution >= 0.6 is 46.4 Å². The molecule has 0 heterocycles. The Balaban J connectivity index is 2.94. The van der Waals surface area contributed by atoms with E-state index in [0.717, 1.165) is 0 Å². The van der Waals surface area contributed by atoms with Crippen LogP contribution < -0.4 is 0 Å². The summed E-state index contributed by atoms with van der Waals surface area (Å²) in [6, 6.07) is 4.95.